The lowest BCUT2D eigenvalue weighted by Crippen LogP contribution is -2.60. The van der Waals surface area contributed by atoms with Gasteiger partial charge in [0.1, 0.15) is 24.4 Å². The highest BCUT2D eigenvalue weighted by atomic mass is 16.7. The number of hydrogen-bond acceptors (Lipinski definition) is 8. The van der Waals surface area contributed by atoms with Gasteiger partial charge in [-0.25, -0.2) is 0 Å². The number of unbranched alkanes of at least 4 members (excludes halogenated alkanes) is 14. The molecular weight excluding hydrogens is 514 g/mol. The standard InChI is InChI=1S/C31H59NO8/c1-3-5-7-8-9-10-11-12-13-14-15-16-17-19-21-27(35)32-24(25(34)20-18-6-4-2)23-39-31-30(38)29(37)28(36)26(22-33)40-31/h18,20,24-26,28-31,33-34,36-38H,3-17,19,21-23H2,1-2H3,(H,32,35)/b20-18+. The van der Waals surface area contributed by atoms with E-state index in [1.54, 1.807) is 6.08 Å². The van der Waals surface area contributed by atoms with Gasteiger partial charge in [-0.2, -0.15) is 0 Å². The first kappa shape index (κ1) is 37.0. The van der Waals surface area contributed by atoms with Crippen molar-refractivity contribution >= 4 is 5.91 Å². The summed E-state index contributed by atoms with van der Waals surface area (Å²) in [6, 6.07) is -0.792. The van der Waals surface area contributed by atoms with E-state index in [4.69, 9.17) is 9.47 Å². The Kier molecular flexibility index (Phi) is 21.7. The van der Waals surface area contributed by atoms with Gasteiger partial charge in [-0.15, -0.1) is 0 Å². The fourth-order valence-corrected chi connectivity index (χ4v) is 4.92. The summed E-state index contributed by atoms with van der Waals surface area (Å²) in [5.41, 5.74) is 0. The molecule has 1 aliphatic rings. The fourth-order valence-electron chi connectivity index (χ4n) is 4.92. The number of aliphatic hydroxyl groups excluding tert-OH is 5. The smallest absolute Gasteiger partial charge is 0.220 e. The first-order valence-corrected chi connectivity index (χ1v) is 15.9. The number of carbonyl (C=O) groups excluding carboxylic acids is 1. The Labute approximate surface area is 242 Å². The minimum absolute atomic E-state index is 0.190. The summed E-state index contributed by atoms with van der Waals surface area (Å²) in [4.78, 5) is 12.6. The van der Waals surface area contributed by atoms with E-state index >= 15 is 0 Å². The molecular formula is C31H59NO8. The Hall–Kier alpha value is -1.07. The molecule has 1 rings (SSSR count). The number of aliphatic hydroxyl groups is 5. The predicted molar refractivity (Wildman–Crippen MR) is 157 cm³/mol. The molecule has 1 fully saturated rings. The number of rotatable bonds is 24. The van der Waals surface area contributed by atoms with Crippen molar-refractivity contribution in [2.75, 3.05) is 13.2 Å². The highest BCUT2D eigenvalue weighted by Gasteiger charge is 2.44. The fraction of sp³-hybridized carbons (Fsp3) is 0.903. The topological polar surface area (TPSA) is 149 Å². The first-order valence-electron chi connectivity index (χ1n) is 15.9. The normalized spacial score (nSPS) is 24.8. The van der Waals surface area contributed by atoms with Gasteiger partial charge in [-0.1, -0.05) is 116 Å². The second kappa shape index (κ2) is 23.5. The van der Waals surface area contributed by atoms with Crippen LogP contribution < -0.4 is 5.32 Å². The first-order chi connectivity index (χ1) is 19.3. The van der Waals surface area contributed by atoms with Crippen LogP contribution in [0.25, 0.3) is 0 Å². The minimum Gasteiger partial charge on any atom is -0.394 e. The van der Waals surface area contributed by atoms with Crippen LogP contribution in [0.5, 0.6) is 0 Å². The van der Waals surface area contributed by atoms with Gasteiger partial charge < -0.3 is 40.3 Å². The summed E-state index contributed by atoms with van der Waals surface area (Å²) in [6.45, 7) is 3.52. The minimum atomic E-state index is -1.56. The van der Waals surface area contributed by atoms with E-state index in [9.17, 15) is 30.3 Å². The Morgan fingerprint density at radius 1 is 0.825 bits per heavy atom. The molecule has 9 nitrogen and oxygen atoms in total. The summed E-state index contributed by atoms with van der Waals surface area (Å²) in [5, 5.41) is 53.0. The van der Waals surface area contributed by atoms with Gasteiger partial charge in [0, 0.05) is 6.42 Å². The molecule has 40 heavy (non-hydrogen) atoms. The van der Waals surface area contributed by atoms with E-state index < -0.39 is 49.5 Å². The highest BCUT2D eigenvalue weighted by molar-refractivity contribution is 5.76. The van der Waals surface area contributed by atoms with Crippen LogP contribution in [-0.4, -0.2) is 87.5 Å². The van der Waals surface area contributed by atoms with Crippen molar-refractivity contribution in [1.29, 1.82) is 0 Å². The number of ether oxygens (including phenoxy) is 2. The molecule has 1 saturated heterocycles. The molecule has 0 saturated carbocycles. The van der Waals surface area contributed by atoms with Crippen LogP contribution in [0.2, 0.25) is 0 Å². The van der Waals surface area contributed by atoms with Gasteiger partial charge in [-0.05, 0) is 12.8 Å². The molecule has 1 heterocycles. The number of hydrogen-bond donors (Lipinski definition) is 6. The highest BCUT2D eigenvalue weighted by Crippen LogP contribution is 2.22. The molecule has 9 heteroatoms. The van der Waals surface area contributed by atoms with Crippen LogP contribution >= 0.6 is 0 Å². The van der Waals surface area contributed by atoms with Crippen LogP contribution in [0.15, 0.2) is 12.2 Å². The Balaban J connectivity index is 2.34. The van der Waals surface area contributed by atoms with Gasteiger partial charge in [0.25, 0.3) is 0 Å². The van der Waals surface area contributed by atoms with Crippen LogP contribution in [0.3, 0.4) is 0 Å². The third kappa shape index (κ3) is 15.8. The van der Waals surface area contributed by atoms with Crippen LogP contribution in [0, 0.1) is 0 Å². The molecule has 0 spiro atoms. The Morgan fingerprint density at radius 2 is 1.38 bits per heavy atom. The lowest BCUT2D eigenvalue weighted by molar-refractivity contribution is -0.302. The average molecular weight is 574 g/mol. The summed E-state index contributed by atoms with van der Waals surface area (Å²) in [5.74, 6) is -0.190. The van der Waals surface area contributed by atoms with Crippen molar-refractivity contribution in [2.24, 2.45) is 0 Å². The van der Waals surface area contributed by atoms with Gasteiger partial charge in [0.2, 0.25) is 5.91 Å². The average Bonchev–Trinajstić information content (AvgIpc) is 2.95. The van der Waals surface area contributed by atoms with Crippen LogP contribution in [-0.2, 0) is 14.3 Å². The van der Waals surface area contributed by atoms with E-state index in [1.165, 1.54) is 70.6 Å². The predicted octanol–water partition coefficient (Wildman–Crippen LogP) is 3.88. The van der Waals surface area contributed by atoms with Gasteiger partial charge in [0.15, 0.2) is 6.29 Å². The maximum absolute atomic E-state index is 12.6. The van der Waals surface area contributed by atoms with Crippen molar-refractivity contribution in [3.8, 4) is 0 Å². The molecule has 1 amide bonds. The number of allylic oxidation sites excluding steroid dienone is 1. The molecule has 6 N–H and O–H groups in total. The number of carbonyl (C=O) groups is 1. The van der Waals surface area contributed by atoms with E-state index in [1.807, 2.05) is 13.0 Å². The summed E-state index contributed by atoms with van der Waals surface area (Å²) in [7, 11) is 0. The van der Waals surface area contributed by atoms with Crippen molar-refractivity contribution < 1.29 is 39.8 Å². The van der Waals surface area contributed by atoms with Gasteiger partial charge in [0.05, 0.1) is 25.4 Å². The zero-order valence-corrected chi connectivity index (χ0v) is 25.1. The van der Waals surface area contributed by atoms with E-state index in [-0.39, 0.29) is 12.5 Å². The molecule has 7 atom stereocenters. The van der Waals surface area contributed by atoms with Gasteiger partial charge in [-0.3, -0.25) is 4.79 Å². The Bertz CT molecular complexity index is 647. The van der Waals surface area contributed by atoms with Crippen LogP contribution in [0.1, 0.15) is 123 Å². The SMILES string of the molecule is CCC/C=C/C(O)C(COC1OC(CO)C(O)C(O)C1O)NC(=O)CCCCCCCCCCCCCCCC. The molecule has 0 aromatic rings. The molecule has 0 bridgehead atoms. The van der Waals surface area contributed by atoms with Crippen molar-refractivity contribution in [3.63, 3.8) is 0 Å². The second-order valence-corrected chi connectivity index (χ2v) is 11.3. The maximum Gasteiger partial charge on any atom is 0.220 e. The zero-order chi connectivity index (χ0) is 29.6. The lowest BCUT2D eigenvalue weighted by atomic mass is 9.99. The molecule has 0 aliphatic carbocycles. The van der Waals surface area contributed by atoms with E-state index in [0.717, 1.165) is 32.1 Å². The van der Waals surface area contributed by atoms with Crippen molar-refractivity contribution in [3.05, 3.63) is 12.2 Å². The molecule has 7 unspecified atom stereocenters. The van der Waals surface area contributed by atoms with Crippen molar-refractivity contribution in [1.82, 2.24) is 5.32 Å². The maximum atomic E-state index is 12.6. The van der Waals surface area contributed by atoms with Crippen LogP contribution in [0.4, 0.5) is 0 Å². The summed E-state index contributed by atoms with van der Waals surface area (Å²) >= 11 is 0. The summed E-state index contributed by atoms with van der Waals surface area (Å²) in [6.07, 6.45) is 14.9. The zero-order valence-electron chi connectivity index (χ0n) is 25.1. The molecule has 236 valence electrons. The third-order valence-electron chi connectivity index (χ3n) is 7.59. The molecule has 0 aromatic carbocycles. The van der Waals surface area contributed by atoms with Gasteiger partial charge >= 0.3 is 0 Å². The second-order valence-electron chi connectivity index (χ2n) is 11.3. The van der Waals surface area contributed by atoms with E-state index in [2.05, 4.69) is 12.2 Å². The quantitative estimate of drug-likeness (QED) is 0.0753. The largest absolute Gasteiger partial charge is 0.394 e. The number of amides is 1. The summed E-state index contributed by atoms with van der Waals surface area (Å²) < 4.78 is 11.0. The van der Waals surface area contributed by atoms with Crippen molar-refractivity contribution in [2.45, 2.75) is 166 Å². The number of nitrogens with one attached hydrogen (secondary N) is 1. The molecule has 0 radical (unpaired) electrons. The van der Waals surface area contributed by atoms with E-state index in [0.29, 0.717) is 6.42 Å². The third-order valence-corrected chi connectivity index (χ3v) is 7.59. The molecule has 0 aromatic heterocycles. The lowest BCUT2D eigenvalue weighted by Gasteiger charge is -2.40. The monoisotopic (exact) mass is 573 g/mol. The molecule has 1 aliphatic heterocycles. The Morgan fingerprint density at radius 3 is 1.90 bits per heavy atom.